The summed E-state index contributed by atoms with van der Waals surface area (Å²) in [6.45, 7) is 3.18. The number of alkyl halides is 3. The number of ether oxygens (including phenoxy) is 1. The monoisotopic (exact) mass is 535 g/mol. The molecule has 0 amide bonds. The second-order valence-corrected chi connectivity index (χ2v) is 10.4. The van der Waals surface area contributed by atoms with E-state index < -0.39 is 34.3 Å². The maximum Gasteiger partial charge on any atom is 0.416 e. The van der Waals surface area contributed by atoms with Crippen molar-refractivity contribution in [1.29, 1.82) is 0 Å². The first-order valence-corrected chi connectivity index (χ1v) is 13.3. The summed E-state index contributed by atoms with van der Waals surface area (Å²) in [6, 6.07) is 16.5. The third kappa shape index (κ3) is 7.25. The van der Waals surface area contributed by atoms with Crippen LogP contribution >= 0.6 is 0 Å². The Hall–Kier alpha value is -3.53. The molecule has 0 atom stereocenters. The first-order chi connectivity index (χ1) is 17.4. The second kappa shape index (κ2) is 11.7. The van der Waals surface area contributed by atoms with Gasteiger partial charge in [-0.15, -0.1) is 0 Å². The molecule has 0 aliphatic rings. The van der Waals surface area contributed by atoms with Crippen molar-refractivity contribution in [3.8, 4) is 16.9 Å². The van der Waals surface area contributed by atoms with E-state index >= 15 is 0 Å². The van der Waals surface area contributed by atoms with Gasteiger partial charge in [0, 0.05) is 0 Å². The SMILES string of the molecule is CCCS(=O)(=O)N(Cc1ccc(OCC(=O)O)c(CC)c1)c1cccc(-c2ccc(C(F)(F)F)cc2)c1. The molecule has 0 saturated heterocycles. The van der Waals surface area contributed by atoms with Crippen molar-refractivity contribution in [1.82, 2.24) is 0 Å². The van der Waals surface area contributed by atoms with Gasteiger partial charge < -0.3 is 9.84 Å². The number of rotatable bonds is 11. The number of halogens is 3. The molecule has 0 radical (unpaired) electrons. The third-order valence-corrected chi connectivity index (χ3v) is 7.60. The molecule has 0 bridgehead atoms. The minimum Gasteiger partial charge on any atom is -0.482 e. The average molecular weight is 536 g/mol. The zero-order valence-corrected chi connectivity index (χ0v) is 21.3. The summed E-state index contributed by atoms with van der Waals surface area (Å²) in [6.07, 6.45) is -3.50. The van der Waals surface area contributed by atoms with Crippen molar-refractivity contribution in [3.63, 3.8) is 0 Å². The van der Waals surface area contributed by atoms with Gasteiger partial charge in [0.15, 0.2) is 6.61 Å². The fourth-order valence-corrected chi connectivity index (χ4v) is 5.38. The number of carboxylic acid groups (broad SMARTS) is 1. The Morgan fingerprint density at radius 2 is 1.68 bits per heavy atom. The molecule has 0 heterocycles. The van der Waals surface area contributed by atoms with Gasteiger partial charge in [-0.3, -0.25) is 4.31 Å². The van der Waals surface area contributed by atoms with Crippen molar-refractivity contribution in [2.75, 3.05) is 16.7 Å². The normalized spacial score (nSPS) is 11.8. The Kier molecular flexibility index (Phi) is 8.85. The predicted octanol–water partition coefficient (Wildman–Crippen LogP) is 6.14. The van der Waals surface area contributed by atoms with Crippen LogP contribution in [-0.2, 0) is 34.0 Å². The van der Waals surface area contributed by atoms with E-state index in [4.69, 9.17) is 9.84 Å². The largest absolute Gasteiger partial charge is 0.482 e. The van der Waals surface area contributed by atoms with Gasteiger partial charge in [0.1, 0.15) is 5.75 Å². The van der Waals surface area contributed by atoms with Crippen molar-refractivity contribution in [3.05, 3.63) is 83.4 Å². The average Bonchev–Trinajstić information content (AvgIpc) is 2.85. The minimum absolute atomic E-state index is 0.0189. The Morgan fingerprint density at radius 1 is 0.973 bits per heavy atom. The van der Waals surface area contributed by atoms with E-state index in [9.17, 15) is 26.4 Å². The maximum absolute atomic E-state index is 13.2. The van der Waals surface area contributed by atoms with Crippen LogP contribution in [0.4, 0.5) is 18.9 Å². The van der Waals surface area contributed by atoms with Crippen LogP contribution in [0.3, 0.4) is 0 Å². The van der Waals surface area contributed by atoms with Crippen molar-refractivity contribution in [2.45, 2.75) is 39.4 Å². The van der Waals surface area contributed by atoms with Crippen LogP contribution in [0.15, 0.2) is 66.7 Å². The lowest BCUT2D eigenvalue weighted by Gasteiger charge is -2.25. The van der Waals surface area contributed by atoms with Gasteiger partial charge in [-0.1, -0.05) is 50.2 Å². The summed E-state index contributed by atoms with van der Waals surface area (Å²) in [5, 5.41) is 8.88. The zero-order valence-electron chi connectivity index (χ0n) is 20.5. The molecule has 0 aliphatic heterocycles. The molecule has 3 rings (SSSR count). The first kappa shape index (κ1) is 28.0. The van der Waals surface area contributed by atoms with E-state index in [1.807, 2.05) is 6.92 Å². The van der Waals surface area contributed by atoms with Gasteiger partial charge in [0.25, 0.3) is 0 Å². The van der Waals surface area contributed by atoms with Gasteiger partial charge in [-0.05, 0) is 65.4 Å². The molecule has 0 spiro atoms. The number of anilines is 1. The van der Waals surface area contributed by atoms with Crippen LogP contribution < -0.4 is 9.04 Å². The lowest BCUT2D eigenvalue weighted by Crippen LogP contribution is -2.32. The highest BCUT2D eigenvalue weighted by Crippen LogP contribution is 2.33. The molecule has 37 heavy (non-hydrogen) atoms. The van der Waals surface area contributed by atoms with Crippen LogP contribution in [-0.4, -0.2) is 31.9 Å². The molecule has 0 aliphatic carbocycles. The number of hydrogen-bond donors (Lipinski definition) is 1. The Bertz CT molecular complexity index is 1340. The first-order valence-electron chi connectivity index (χ1n) is 11.7. The number of carbonyl (C=O) groups is 1. The molecule has 3 aromatic rings. The Balaban J connectivity index is 1.97. The molecule has 198 valence electrons. The highest BCUT2D eigenvalue weighted by molar-refractivity contribution is 7.92. The summed E-state index contributed by atoms with van der Waals surface area (Å²) in [4.78, 5) is 10.9. The number of aliphatic carboxylic acids is 1. The molecule has 0 unspecified atom stereocenters. The van der Waals surface area contributed by atoms with E-state index in [0.29, 0.717) is 41.0 Å². The summed E-state index contributed by atoms with van der Waals surface area (Å²) in [5.41, 5.74) is 2.15. The molecule has 0 saturated carbocycles. The van der Waals surface area contributed by atoms with Crippen LogP contribution in [0.5, 0.6) is 5.75 Å². The smallest absolute Gasteiger partial charge is 0.416 e. The topological polar surface area (TPSA) is 83.9 Å². The molecule has 6 nitrogen and oxygen atoms in total. The minimum atomic E-state index is -4.45. The number of nitrogens with zero attached hydrogens (tertiary/aromatic N) is 1. The van der Waals surface area contributed by atoms with Gasteiger partial charge in [-0.25, -0.2) is 13.2 Å². The van der Waals surface area contributed by atoms with Crippen molar-refractivity contribution in [2.24, 2.45) is 0 Å². The number of benzene rings is 3. The van der Waals surface area contributed by atoms with Gasteiger partial charge in [0.05, 0.1) is 23.5 Å². The summed E-state index contributed by atoms with van der Waals surface area (Å²) in [7, 11) is -3.72. The lowest BCUT2D eigenvalue weighted by atomic mass is 10.0. The molecule has 1 N–H and O–H groups in total. The van der Waals surface area contributed by atoms with E-state index in [2.05, 4.69) is 0 Å². The molecule has 3 aromatic carbocycles. The molecule has 10 heteroatoms. The lowest BCUT2D eigenvalue weighted by molar-refractivity contribution is -0.139. The fraction of sp³-hybridized carbons (Fsp3) is 0.296. The van der Waals surface area contributed by atoms with E-state index in [1.54, 1.807) is 49.4 Å². The van der Waals surface area contributed by atoms with E-state index in [1.165, 1.54) is 16.4 Å². The van der Waals surface area contributed by atoms with Crippen LogP contribution in [0.2, 0.25) is 0 Å². The zero-order chi connectivity index (χ0) is 27.2. The molecular formula is C27H28F3NO5S. The van der Waals surface area contributed by atoms with Gasteiger partial charge >= 0.3 is 12.1 Å². The second-order valence-electron chi connectivity index (χ2n) is 8.43. The van der Waals surface area contributed by atoms with Crippen LogP contribution in [0.25, 0.3) is 11.1 Å². The summed E-state index contributed by atoms with van der Waals surface area (Å²) in [5.74, 6) is -0.769. The molecular weight excluding hydrogens is 507 g/mol. The Morgan fingerprint density at radius 3 is 2.27 bits per heavy atom. The molecule has 0 fully saturated rings. The van der Waals surface area contributed by atoms with Crippen LogP contribution in [0.1, 0.15) is 37.0 Å². The fourth-order valence-electron chi connectivity index (χ4n) is 3.86. The highest BCUT2D eigenvalue weighted by atomic mass is 32.2. The summed E-state index contributed by atoms with van der Waals surface area (Å²) < 4.78 is 72.0. The number of sulfonamides is 1. The quantitative estimate of drug-likeness (QED) is 0.319. The van der Waals surface area contributed by atoms with Gasteiger partial charge in [0.2, 0.25) is 10.0 Å². The number of aryl methyl sites for hydroxylation is 1. The van der Waals surface area contributed by atoms with Crippen molar-refractivity contribution >= 4 is 21.7 Å². The van der Waals surface area contributed by atoms with Crippen LogP contribution in [0, 0.1) is 0 Å². The van der Waals surface area contributed by atoms with Crippen molar-refractivity contribution < 1.29 is 36.2 Å². The number of hydrogen-bond acceptors (Lipinski definition) is 4. The highest BCUT2D eigenvalue weighted by Gasteiger charge is 2.30. The van der Waals surface area contributed by atoms with E-state index in [-0.39, 0.29) is 12.3 Å². The van der Waals surface area contributed by atoms with E-state index in [0.717, 1.165) is 17.7 Å². The predicted molar refractivity (Wildman–Crippen MR) is 136 cm³/mol. The maximum atomic E-state index is 13.2. The number of carboxylic acids is 1. The third-order valence-electron chi connectivity index (χ3n) is 5.66. The van der Waals surface area contributed by atoms with Gasteiger partial charge in [-0.2, -0.15) is 13.2 Å². The Labute approximate surface area is 214 Å². The molecule has 0 aromatic heterocycles. The standard InChI is InChI=1S/C27H28F3NO5S/c1-3-14-37(34,35)31(17-19-8-13-25(20(4-2)15-19)36-18-26(32)33)24-7-5-6-22(16-24)21-9-11-23(12-10-21)27(28,29)30/h5-13,15-16H,3-4,14,17-18H2,1-2H3,(H,32,33). The summed E-state index contributed by atoms with van der Waals surface area (Å²) >= 11 is 0.